The monoisotopic (exact) mass is 266 g/mol. The molecule has 1 heterocycles. The summed E-state index contributed by atoms with van der Waals surface area (Å²) in [6, 6.07) is 0. The molecule has 0 unspecified atom stereocenters. The van der Waals surface area contributed by atoms with Crippen molar-refractivity contribution in [3.8, 4) is 0 Å². The van der Waals surface area contributed by atoms with Gasteiger partial charge in [0.2, 0.25) is 5.91 Å². The van der Waals surface area contributed by atoms with E-state index in [4.69, 9.17) is 5.11 Å². The molecule has 1 amide bonds. The quantitative estimate of drug-likeness (QED) is 0.798. The Morgan fingerprint density at radius 1 is 1.26 bits per heavy atom. The SMILES string of the molecule is O=C(O)C1CCC(C(=O)NCCn2ccnn2)CC1. The van der Waals surface area contributed by atoms with E-state index in [9.17, 15) is 9.59 Å². The zero-order chi connectivity index (χ0) is 13.7. The van der Waals surface area contributed by atoms with E-state index in [0.717, 1.165) is 0 Å². The molecule has 7 nitrogen and oxygen atoms in total. The van der Waals surface area contributed by atoms with Gasteiger partial charge in [0, 0.05) is 18.7 Å². The van der Waals surface area contributed by atoms with Crippen LogP contribution in [-0.4, -0.2) is 38.5 Å². The number of nitrogens with zero attached hydrogens (tertiary/aromatic N) is 3. The van der Waals surface area contributed by atoms with E-state index >= 15 is 0 Å². The highest BCUT2D eigenvalue weighted by molar-refractivity contribution is 5.79. The van der Waals surface area contributed by atoms with Crippen LogP contribution in [0.1, 0.15) is 25.7 Å². The van der Waals surface area contributed by atoms with Crippen LogP contribution in [-0.2, 0) is 16.1 Å². The first kappa shape index (κ1) is 13.5. The maximum atomic E-state index is 11.9. The number of nitrogens with one attached hydrogen (secondary N) is 1. The Bertz CT molecular complexity index is 424. The van der Waals surface area contributed by atoms with Crippen molar-refractivity contribution in [3.05, 3.63) is 12.4 Å². The van der Waals surface area contributed by atoms with E-state index in [0.29, 0.717) is 38.8 Å². The normalized spacial score (nSPS) is 22.9. The number of carbonyl (C=O) groups is 2. The molecule has 0 saturated heterocycles. The van der Waals surface area contributed by atoms with E-state index in [1.165, 1.54) is 0 Å². The van der Waals surface area contributed by atoms with Gasteiger partial charge in [-0.05, 0) is 25.7 Å². The number of rotatable bonds is 5. The maximum absolute atomic E-state index is 11.9. The van der Waals surface area contributed by atoms with Gasteiger partial charge in [-0.2, -0.15) is 0 Å². The number of hydrogen-bond donors (Lipinski definition) is 2. The van der Waals surface area contributed by atoms with Crippen LogP contribution in [0, 0.1) is 11.8 Å². The minimum atomic E-state index is -0.745. The van der Waals surface area contributed by atoms with E-state index < -0.39 is 5.97 Å². The lowest BCUT2D eigenvalue weighted by Crippen LogP contribution is -2.36. The van der Waals surface area contributed by atoms with Gasteiger partial charge in [0.05, 0.1) is 18.7 Å². The molecule has 0 atom stereocenters. The summed E-state index contributed by atoms with van der Waals surface area (Å²) in [5, 5.41) is 19.2. The van der Waals surface area contributed by atoms with Crippen LogP contribution in [0.25, 0.3) is 0 Å². The summed E-state index contributed by atoms with van der Waals surface area (Å²) in [6.07, 6.45) is 5.84. The zero-order valence-corrected chi connectivity index (χ0v) is 10.7. The third kappa shape index (κ3) is 3.77. The van der Waals surface area contributed by atoms with Crippen molar-refractivity contribution in [2.75, 3.05) is 6.54 Å². The fraction of sp³-hybridized carbons (Fsp3) is 0.667. The molecule has 7 heteroatoms. The summed E-state index contributed by atoms with van der Waals surface area (Å²) < 4.78 is 1.65. The first-order valence-electron chi connectivity index (χ1n) is 6.51. The van der Waals surface area contributed by atoms with Gasteiger partial charge in [0.15, 0.2) is 0 Å². The first-order valence-corrected chi connectivity index (χ1v) is 6.51. The van der Waals surface area contributed by atoms with Gasteiger partial charge in [0.25, 0.3) is 0 Å². The van der Waals surface area contributed by atoms with Crippen molar-refractivity contribution in [1.29, 1.82) is 0 Å². The first-order chi connectivity index (χ1) is 9.16. The Balaban J connectivity index is 1.68. The predicted octanol–water partition coefficient (Wildman–Crippen LogP) is 0.285. The fourth-order valence-corrected chi connectivity index (χ4v) is 2.39. The van der Waals surface area contributed by atoms with Crippen LogP contribution in [0.4, 0.5) is 0 Å². The fourth-order valence-electron chi connectivity index (χ4n) is 2.39. The van der Waals surface area contributed by atoms with E-state index in [1.54, 1.807) is 17.1 Å². The van der Waals surface area contributed by atoms with Gasteiger partial charge in [-0.3, -0.25) is 14.3 Å². The summed E-state index contributed by atoms with van der Waals surface area (Å²) >= 11 is 0. The van der Waals surface area contributed by atoms with Crippen LogP contribution in [0.15, 0.2) is 12.4 Å². The molecule has 19 heavy (non-hydrogen) atoms. The third-order valence-electron chi connectivity index (χ3n) is 3.56. The molecular formula is C12H18N4O3. The lowest BCUT2D eigenvalue weighted by atomic mass is 9.81. The number of amides is 1. The minimum Gasteiger partial charge on any atom is -0.481 e. The van der Waals surface area contributed by atoms with Crippen molar-refractivity contribution in [2.45, 2.75) is 32.2 Å². The zero-order valence-electron chi connectivity index (χ0n) is 10.7. The van der Waals surface area contributed by atoms with Crippen LogP contribution in [0.5, 0.6) is 0 Å². The molecule has 0 spiro atoms. The molecule has 1 aliphatic rings. The van der Waals surface area contributed by atoms with Gasteiger partial charge >= 0.3 is 5.97 Å². The molecule has 1 saturated carbocycles. The molecule has 0 aromatic carbocycles. The van der Waals surface area contributed by atoms with E-state index in [2.05, 4.69) is 15.6 Å². The molecule has 2 rings (SSSR count). The second-order valence-electron chi connectivity index (χ2n) is 4.84. The standard InChI is InChI=1S/C12H18N4O3/c17-11(13-5-7-16-8-6-14-15-16)9-1-3-10(4-2-9)12(18)19/h6,8-10H,1-5,7H2,(H,13,17)(H,18,19). The lowest BCUT2D eigenvalue weighted by Gasteiger charge is -2.25. The van der Waals surface area contributed by atoms with E-state index in [1.807, 2.05) is 0 Å². The Hall–Kier alpha value is -1.92. The number of hydrogen-bond acceptors (Lipinski definition) is 4. The van der Waals surface area contributed by atoms with Crippen molar-refractivity contribution in [3.63, 3.8) is 0 Å². The predicted molar refractivity (Wildman–Crippen MR) is 66.1 cm³/mol. The summed E-state index contributed by atoms with van der Waals surface area (Å²) in [6.45, 7) is 1.11. The van der Waals surface area contributed by atoms with Crippen LogP contribution >= 0.6 is 0 Å². The highest BCUT2D eigenvalue weighted by Gasteiger charge is 2.29. The van der Waals surface area contributed by atoms with Gasteiger partial charge in [-0.25, -0.2) is 0 Å². The number of aromatic nitrogens is 3. The largest absolute Gasteiger partial charge is 0.481 e. The number of aliphatic carboxylic acids is 1. The Morgan fingerprint density at radius 3 is 2.53 bits per heavy atom. The summed E-state index contributed by atoms with van der Waals surface area (Å²) in [5.41, 5.74) is 0. The number of carboxylic acid groups (broad SMARTS) is 1. The summed E-state index contributed by atoms with van der Waals surface area (Å²) in [4.78, 5) is 22.7. The Labute approximate surface area is 111 Å². The highest BCUT2D eigenvalue weighted by atomic mass is 16.4. The average molecular weight is 266 g/mol. The summed E-state index contributed by atoms with van der Waals surface area (Å²) in [5.74, 6) is -1.06. The van der Waals surface area contributed by atoms with Gasteiger partial charge in [0.1, 0.15) is 0 Å². The van der Waals surface area contributed by atoms with Gasteiger partial charge in [-0.15, -0.1) is 5.10 Å². The molecule has 1 aromatic rings. The van der Waals surface area contributed by atoms with Crippen molar-refractivity contribution < 1.29 is 14.7 Å². The van der Waals surface area contributed by atoms with Crippen molar-refractivity contribution in [1.82, 2.24) is 20.3 Å². The third-order valence-corrected chi connectivity index (χ3v) is 3.56. The molecular weight excluding hydrogens is 248 g/mol. The molecule has 2 N–H and O–H groups in total. The Kier molecular flexibility index (Phi) is 4.48. The molecule has 1 fully saturated rings. The number of carbonyl (C=O) groups excluding carboxylic acids is 1. The molecule has 104 valence electrons. The highest BCUT2D eigenvalue weighted by Crippen LogP contribution is 2.28. The summed E-state index contributed by atoms with van der Waals surface area (Å²) in [7, 11) is 0. The van der Waals surface area contributed by atoms with E-state index in [-0.39, 0.29) is 17.7 Å². The van der Waals surface area contributed by atoms with Crippen LogP contribution in [0.3, 0.4) is 0 Å². The smallest absolute Gasteiger partial charge is 0.306 e. The van der Waals surface area contributed by atoms with Crippen molar-refractivity contribution >= 4 is 11.9 Å². The molecule has 0 aliphatic heterocycles. The second kappa shape index (κ2) is 6.31. The van der Waals surface area contributed by atoms with Gasteiger partial charge < -0.3 is 10.4 Å². The average Bonchev–Trinajstić information content (AvgIpc) is 2.92. The second-order valence-corrected chi connectivity index (χ2v) is 4.84. The molecule has 1 aliphatic carbocycles. The van der Waals surface area contributed by atoms with Crippen LogP contribution in [0.2, 0.25) is 0 Å². The minimum absolute atomic E-state index is 0.0176. The lowest BCUT2D eigenvalue weighted by molar-refractivity contribution is -0.144. The Morgan fingerprint density at radius 2 is 1.95 bits per heavy atom. The maximum Gasteiger partial charge on any atom is 0.306 e. The molecule has 1 aromatic heterocycles. The molecule has 0 radical (unpaired) electrons. The van der Waals surface area contributed by atoms with Gasteiger partial charge in [-0.1, -0.05) is 5.21 Å². The number of carboxylic acids is 1. The van der Waals surface area contributed by atoms with Crippen LogP contribution < -0.4 is 5.32 Å². The molecule has 0 bridgehead atoms. The topological polar surface area (TPSA) is 97.1 Å². The van der Waals surface area contributed by atoms with Crippen molar-refractivity contribution in [2.24, 2.45) is 11.8 Å².